The molecule has 3 rings (SSSR count). The van der Waals surface area contributed by atoms with E-state index in [1.54, 1.807) is 14.0 Å². The Bertz CT molecular complexity index is 882. The van der Waals surface area contributed by atoms with Crippen LogP contribution in [-0.2, 0) is 0 Å². The normalized spacial score (nSPS) is 18.9. The van der Waals surface area contributed by atoms with Crippen LogP contribution in [0.4, 0.5) is 0 Å². The van der Waals surface area contributed by atoms with Gasteiger partial charge in [0.25, 0.3) is 0 Å². The fourth-order valence-corrected chi connectivity index (χ4v) is 4.66. The van der Waals surface area contributed by atoms with Crippen molar-refractivity contribution in [1.29, 1.82) is 0 Å². The Balaban J connectivity index is 1.91. The summed E-state index contributed by atoms with van der Waals surface area (Å²) in [6, 6.07) is 8.13. The smallest absolute Gasteiger partial charge is 0.196 e. The minimum absolute atomic E-state index is 0.00571. The number of carbonyl (C=O) groups is 2. The standard InChI is InChI=1S/C24H32N2O3/c1-15-22(18(4)27)16(2)25-23(15)24(28)17(3)26-14-8-6-7-9-21(26)19-10-12-20(29-5)13-11-19/h10-13,17,21,25H,6-9,14H2,1-5H3/t17-,21+/m0/s1. The highest BCUT2D eigenvalue weighted by Crippen LogP contribution is 2.34. The van der Waals surface area contributed by atoms with Gasteiger partial charge in [0, 0.05) is 17.3 Å². The third-order valence-electron chi connectivity index (χ3n) is 6.21. The van der Waals surface area contributed by atoms with Crippen LogP contribution in [-0.4, -0.2) is 41.1 Å². The summed E-state index contributed by atoms with van der Waals surface area (Å²) in [7, 11) is 1.67. The molecule has 0 unspecified atom stereocenters. The summed E-state index contributed by atoms with van der Waals surface area (Å²) in [4.78, 5) is 30.9. The van der Waals surface area contributed by atoms with E-state index in [4.69, 9.17) is 4.74 Å². The van der Waals surface area contributed by atoms with Gasteiger partial charge in [-0.05, 0) is 70.3 Å². The van der Waals surface area contributed by atoms with Crippen molar-refractivity contribution in [3.8, 4) is 5.75 Å². The number of ketones is 2. The average Bonchev–Trinajstić information content (AvgIpc) is 2.87. The molecule has 1 aromatic carbocycles. The van der Waals surface area contributed by atoms with E-state index in [9.17, 15) is 9.59 Å². The SMILES string of the molecule is COc1ccc([C@H]2CCCCCN2[C@@H](C)C(=O)c2[nH]c(C)c(C(C)=O)c2C)cc1. The number of Topliss-reactive ketones (excluding diaryl/α,β-unsaturated/α-hetero) is 2. The fraction of sp³-hybridized carbons (Fsp3) is 0.500. The van der Waals surface area contributed by atoms with Gasteiger partial charge in [-0.15, -0.1) is 0 Å². The molecule has 2 atom stereocenters. The lowest BCUT2D eigenvalue weighted by Gasteiger charge is -2.34. The molecular formula is C24H32N2O3. The van der Waals surface area contributed by atoms with Crippen LogP contribution < -0.4 is 4.74 Å². The van der Waals surface area contributed by atoms with Crippen molar-refractivity contribution < 1.29 is 14.3 Å². The Kier molecular flexibility index (Phi) is 6.58. The molecule has 1 N–H and O–H groups in total. The lowest BCUT2D eigenvalue weighted by atomic mass is 9.97. The van der Waals surface area contributed by atoms with Gasteiger partial charge < -0.3 is 9.72 Å². The van der Waals surface area contributed by atoms with E-state index in [0.717, 1.165) is 42.8 Å². The molecule has 2 aromatic rings. The first-order valence-corrected chi connectivity index (χ1v) is 10.5. The number of benzene rings is 1. The van der Waals surface area contributed by atoms with Gasteiger partial charge in [-0.3, -0.25) is 14.5 Å². The van der Waals surface area contributed by atoms with Crippen LogP contribution in [0.15, 0.2) is 24.3 Å². The highest BCUT2D eigenvalue weighted by Gasteiger charge is 2.32. The van der Waals surface area contributed by atoms with Gasteiger partial charge in [-0.25, -0.2) is 0 Å². The quantitative estimate of drug-likeness (QED) is 0.696. The van der Waals surface area contributed by atoms with Gasteiger partial charge in [0.15, 0.2) is 11.6 Å². The Labute approximate surface area is 173 Å². The molecule has 0 radical (unpaired) electrons. The largest absolute Gasteiger partial charge is 0.497 e. The molecule has 5 nitrogen and oxygen atoms in total. The van der Waals surface area contributed by atoms with Crippen molar-refractivity contribution in [1.82, 2.24) is 9.88 Å². The molecule has 2 heterocycles. The third kappa shape index (κ3) is 4.30. The maximum absolute atomic E-state index is 13.4. The summed E-state index contributed by atoms with van der Waals surface area (Å²) < 4.78 is 5.30. The van der Waals surface area contributed by atoms with Gasteiger partial charge in [-0.1, -0.05) is 25.0 Å². The number of aromatic nitrogens is 1. The van der Waals surface area contributed by atoms with Crippen LogP contribution in [0.2, 0.25) is 0 Å². The summed E-state index contributed by atoms with van der Waals surface area (Å²) >= 11 is 0. The van der Waals surface area contributed by atoms with E-state index in [-0.39, 0.29) is 23.7 Å². The molecule has 1 aliphatic heterocycles. The summed E-state index contributed by atoms with van der Waals surface area (Å²) in [5.74, 6) is 0.889. The van der Waals surface area contributed by atoms with Gasteiger partial charge in [0.05, 0.1) is 18.8 Å². The first-order valence-electron chi connectivity index (χ1n) is 10.5. The molecule has 0 spiro atoms. The highest BCUT2D eigenvalue weighted by molar-refractivity contribution is 6.05. The fourth-order valence-electron chi connectivity index (χ4n) is 4.66. The van der Waals surface area contributed by atoms with Gasteiger partial charge in [-0.2, -0.15) is 0 Å². The number of likely N-dealkylation sites (tertiary alicyclic amines) is 1. The lowest BCUT2D eigenvalue weighted by Crippen LogP contribution is -2.42. The first-order chi connectivity index (χ1) is 13.8. The van der Waals surface area contributed by atoms with Crippen molar-refractivity contribution in [2.24, 2.45) is 0 Å². The van der Waals surface area contributed by atoms with Crippen LogP contribution in [0, 0.1) is 13.8 Å². The number of aromatic amines is 1. The molecule has 5 heteroatoms. The van der Waals surface area contributed by atoms with E-state index in [1.807, 2.05) is 32.9 Å². The summed E-state index contributed by atoms with van der Waals surface area (Å²) in [5.41, 5.74) is 3.97. The van der Waals surface area contributed by atoms with Crippen LogP contribution >= 0.6 is 0 Å². The minimum Gasteiger partial charge on any atom is -0.497 e. The molecule has 1 saturated heterocycles. The third-order valence-corrected chi connectivity index (χ3v) is 6.21. The molecule has 156 valence electrons. The molecule has 1 fully saturated rings. The van der Waals surface area contributed by atoms with Crippen LogP contribution in [0.1, 0.15) is 83.2 Å². The monoisotopic (exact) mass is 396 g/mol. The Morgan fingerprint density at radius 3 is 2.41 bits per heavy atom. The molecule has 0 saturated carbocycles. The van der Waals surface area contributed by atoms with Gasteiger partial charge in [0.2, 0.25) is 0 Å². The second-order valence-corrected chi connectivity index (χ2v) is 8.10. The van der Waals surface area contributed by atoms with Crippen LogP contribution in [0.5, 0.6) is 5.75 Å². The lowest BCUT2D eigenvalue weighted by molar-refractivity contribution is 0.0757. The Morgan fingerprint density at radius 1 is 1.14 bits per heavy atom. The Hall–Kier alpha value is -2.40. The van der Waals surface area contributed by atoms with Crippen molar-refractivity contribution >= 4 is 11.6 Å². The summed E-state index contributed by atoms with van der Waals surface area (Å²) in [6.45, 7) is 8.16. The molecule has 0 bridgehead atoms. The van der Waals surface area contributed by atoms with Crippen molar-refractivity contribution in [3.63, 3.8) is 0 Å². The minimum atomic E-state index is -0.267. The molecule has 1 aliphatic rings. The van der Waals surface area contributed by atoms with Crippen molar-refractivity contribution in [2.75, 3.05) is 13.7 Å². The molecule has 29 heavy (non-hydrogen) atoms. The number of aryl methyl sites for hydroxylation is 1. The van der Waals surface area contributed by atoms with E-state index in [1.165, 1.54) is 12.0 Å². The predicted molar refractivity (Wildman–Crippen MR) is 115 cm³/mol. The van der Waals surface area contributed by atoms with Crippen molar-refractivity contribution in [2.45, 2.75) is 65.5 Å². The average molecular weight is 397 g/mol. The number of methoxy groups -OCH3 is 1. The van der Waals surface area contributed by atoms with Crippen LogP contribution in [0.3, 0.4) is 0 Å². The summed E-state index contributed by atoms with van der Waals surface area (Å²) in [5, 5.41) is 0. The number of nitrogens with one attached hydrogen (secondary N) is 1. The number of hydrogen-bond donors (Lipinski definition) is 1. The van der Waals surface area contributed by atoms with Gasteiger partial charge in [0.1, 0.15) is 5.75 Å². The maximum Gasteiger partial charge on any atom is 0.196 e. The second-order valence-electron chi connectivity index (χ2n) is 8.10. The number of nitrogens with zero attached hydrogens (tertiary/aromatic N) is 1. The number of rotatable bonds is 6. The number of ether oxygens (including phenoxy) is 1. The second kappa shape index (κ2) is 8.95. The van der Waals surface area contributed by atoms with E-state index in [0.29, 0.717) is 11.3 Å². The zero-order chi connectivity index (χ0) is 21.1. The number of H-pyrrole nitrogens is 1. The van der Waals surface area contributed by atoms with Gasteiger partial charge >= 0.3 is 0 Å². The van der Waals surface area contributed by atoms with E-state index >= 15 is 0 Å². The first kappa shape index (κ1) is 21.3. The molecule has 0 amide bonds. The Morgan fingerprint density at radius 2 is 1.83 bits per heavy atom. The highest BCUT2D eigenvalue weighted by atomic mass is 16.5. The maximum atomic E-state index is 13.4. The summed E-state index contributed by atoms with van der Waals surface area (Å²) in [6.07, 6.45) is 4.46. The number of hydrogen-bond acceptors (Lipinski definition) is 4. The number of carbonyl (C=O) groups excluding carboxylic acids is 2. The van der Waals surface area contributed by atoms with Crippen molar-refractivity contribution in [3.05, 3.63) is 52.3 Å². The molecule has 0 aliphatic carbocycles. The van der Waals surface area contributed by atoms with Crippen LogP contribution in [0.25, 0.3) is 0 Å². The topological polar surface area (TPSA) is 62.4 Å². The predicted octanol–water partition coefficient (Wildman–Crippen LogP) is 5.03. The van der Waals surface area contributed by atoms with E-state index in [2.05, 4.69) is 22.0 Å². The zero-order valence-corrected chi connectivity index (χ0v) is 18.2. The molecule has 1 aromatic heterocycles. The molecular weight excluding hydrogens is 364 g/mol. The van der Waals surface area contributed by atoms with E-state index < -0.39 is 0 Å². The zero-order valence-electron chi connectivity index (χ0n) is 18.2.